The number of aromatic nitrogens is 1. The van der Waals surface area contributed by atoms with E-state index in [-0.39, 0.29) is 23.7 Å². The van der Waals surface area contributed by atoms with E-state index in [1.165, 1.54) is 26.6 Å². The number of carboxylic acid groups (broad SMARTS) is 1. The second-order valence-electron chi connectivity index (χ2n) is 6.81. The van der Waals surface area contributed by atoms with E-state index < -0.39 is 29.9 Å². The van der Waals surface area contributed by atoms with Gasteiger partial charge in [-0.05, 0) is 24.3 Å². The predicted molar refractivity (Wildman–Crippen MR) is 123 cm³/mol. The number of pyridine rings is 1. The highest BCUT2D eigenvalue weighted by atomic mass is 32.2. The van der Waals surface area contributed by atoms with E-state index in [4.69, 9.17) is 9.47 Å². The molecule has 33 heavy (non-hydrogen) atoms. The summed E-state index contributed by atoms with van der Waals surface area (Å²) in [5, 5.41) is 14.3. The van der Waals surface area contributed by atoms with Gasteiger partial charge in [0.25, 0.3) is 0 Å². The highest BCUT2D eigenvalue weighted by Crippen LogP contribution is 2.23. The van der Waals surface area contributed by atoms with E-state index in [0.29, 0.717) is 17.0 Å². The molecule has 1 aromatic carbocycles. The van der Waals surface area contributed by atoms with Gasteiger partial charge in [-0.15, -0.1) is 0 Å². The van der Waals surface area contributed by atoms with Gasteiger partial charge >= 0.3 is 18.0 Å². The van der Waals surface area contributed by atoms with E-state index in [1.54, 1.807) is 36.4 Å². The Hall–Kier alpha value is -3.60. The molecule has 1 heterocycles. The summed E-state index contributed by atoms with van der Waals surface area (Å²) in [6.45, 7) is 0. The number of para-hydroxylation sites is 2. The van der Waals surface area contributed by atoms with Crippen LogP contribution in [0.2, 0.25) is 0 Å². The SMILES string of the molecule is COC(=O)C(CSCC(CC(=O)O)C(=O)c1cccnc1)NC(=O)Nc1ccccc1OC. The minimum atomic E-state index is -1.11. The lowest BCUT2D eigenvalue weighted by atomic mass is 9.97. The van der Waals surface area contributed by atoms with Crippen molar-refractivity contribution in [1.29, 1.82) is 0 Å². The molecule has 0 saturated carbocycles. The molecule has 2 amide bonds. The van der Waals surface area contributed by atoms with E-state index in [0.717, 1.165) is 11.8 Å². The van der Waals surface area contributed by atoms with E-state index in [2.05, 4.69) is 15.6 Å². The topological polar surface area (TPSA) is 144 Å². The zero-order chi connectivity index (χ0) is 24.2. The number of hydrogen-bond donors (Lipinski definition) is 3. The third-order valence-electron chi connectivity index (χ3n) is 4.49. The lowest BCUT2D eigenvalue weighted by Gasteiger charge is -2.19. The molecule has 1 aromatic heterocycles. The summed E-state index contributed by atoms with van der Waals surface area (Å²) in [5.74, 6) is -2.32. The fraction of sp³-hybridized carbons (Fsp3) is 0.318. The van der Waals surface area contributed by atoms with Crippen molar-refractivity contribution in [3.05, 3.63) is 54.4 Å². The van der Waals surface area contributed by atoms with Crippen molar-refractivity contribution in [3.63, 3.8) is 0 Å². The fourth-order valence-corrected chi connectivity index (χ4v) is 4.03. The van der Waals surface area contributed by atoms with Gasteiger partial charge in [0.15, 0.2) is 5.78 Å². The Morgan fingerprint density at radius 1 is 1.09 bits per heavy atom. The van der Waals surface area contributed by atoms with Gasteiger partial charge in [0, 0.05) is 35.4 Å². The molecular formula is C22H25N3O7S. The largest absolute Gasteiger partial charge is 0.495 e. The van der Waals surface area contributed by atoms with Crippen LogP contribution in [0.1, 0.15) is 16.8 Å². The number of carboxylic acids is 1. The molecule has 2 aromatic rings. The van der Waals surface area contributed by atoms with Gasteiger partial charge in [0.2, 0.25) is 0 Å². The van der Waals surface area contributed by atoms with Gasteiger partial charge in [-0.2, -0.15) is 11.8 Å². The van der Waals surface area contributed by atoms with Crippen LogP contribution in [0.5, 0.6) is 5.75 Å². The number of aliphatic carboxylic acids is 1. The molecule has 0 bridgehead atoms. The Balaban J connectivity index is 2.00. The number of nitrogens with zero attached hydrogens (tertiary/aromatic N) is 1. The number of urea groups is 1. The smallest absolute Gasteiger partial charge is 0.329 e. The molecule has 2 unspecified atom stereocenters. The number of ketones is 1. The Bertz CT molecular complexity index is 971. The third kappa shape index (κ3) is 8.11. The molecule has 0 aliphatic heterocycles. The van der Waals surface area contributed by atoms with Gasteiger partial charge in [0.1, 0.15) is 11.8 Å². The Labute approximate surface area is 195 Å². The summed E-state index contributed by atoms with van der Waals surface area (Å²) in [6, 6.07) is 8.26. The first kappa shape index (κ1) is 25.7. The maximum atomic E-state index is 12.7. The summed E-state index contributed by atoms with van der Waals surface area (Å²) >= 11 is 1.16. The monoisotopic (exact) mass is 475 g/mol. The van der Waals surface area contributed by atoms with E-state index in [1.807, 2.05) is 0 Å². The van der Waals surface area contributed by atoms with Gasteiger partial charge < -0.3 is 25.2 Å². The minimum absolute atomic E-state index is 0.0719. The summed E-state index contributed by atoms with van der Waals surface area (Å²) in [7, 11) is 2.66. The number of rotatable bonds is 12. The maximum Gasteiger partial charge on any atom is 0.329 e. The first-order valence-electron chi connectivity index (χ1n) is 9.87. The lowest BCUT2D eigenvalue weighted by Crippen LogP contribution is -2.45. The van der Waals surface area contributed by atoms with Crippen molar-refractivity contribution in [2.24, 2.45) is 5.92 Å². The minimum Gasteiger partial charge on any atom is -0.495 e. The van der Waals surface area contributed by atoms with E-state index >= 15 is 0 Å². The number of ether oxygens (including phenoxy) is 2. The fourth-order valence-electron chi connectivity index (χ4n) is 2.89. The number of anilines is 1. The number of carbonyl (C=O) groups is 4. The maximum absolute atomic E-state index is 12.7. The van der Waals surface area contributed by atoms with Crippen molar-refractivity contribution < 1.29 is 33.8 Å². The molecule has 2 atom stereocenters. The number of esters is 1. The number of thioether (sulfide) groups is 1. The molecule has 11 heteroatoms. The van der Waals surface area contributed by atoms with Gasteiger partial charge in [-0.1, -0.05) is 12.1 Å². The van der Waals surface area contributed by atoms with Crippen molar-refractivity contribution in [2.75, 3.05) is 31.0 Å². The van der Waals surface area contributed by atoms with Gasteiger partial charge in [0.05, 0.1) is 26.3 Å². The molecule has 176 valence electrons. The van der Waals surface area contributed by atoms with Crippen LogP contribution in [0, 0.1) is 5.92 Å². The molecule has 0 saturated heterocycles. The number of benzene rings is 1. The first-order valence-corrected chi connectivity index (χ1v) is 11.0. The third-order valence-corrected chi connectivity index (χ3v) is 5.69. The van der Waals surface area contributed by atoms with Crippen LogP contribution in [-0.4, -0.2) is 65.6 Å². The highest BCUT2D eigenvalue weighted by Gasteiger charge is 2.26. The van der Waals surface area contributed by atoms with Crippen LogP contribution < -0.4 is 15.4 Å². The molecule has 10 nitrogen and oxygen atoms in total. The van der Waals surface area contributed by atoms with Crippen molar-refractivity contribution in [3.8, 4) is 5.75 Å². The zero-order valence-corrected chi connectivity index (χ0v) is 19.0. The average molecular weight is 476 g/mol. The normalized spacial score (nSPS) is 12.2. The summed E-state index contributed by atoms with van der Waals surface area (Å²) in [6.07, 6.45) is 2.52. The second-order valence-corrected chi connectivity index (χ2v) is 7.89. The predicted octanol–water partition coefficient (Wildman–Crippen LogP) is 2.46. The number of methoxy groups -OCH3 is 2. The number of Topliss-reactive ketones (excluding diaryl/α,β-unsaturated/α-hetero) is 1. The van der Waals surface area contributed by atoms with E-state index in [9.17, 15) is 24.3 Å². The number of amides is 2. The molecule has 0 fully saturated rings. The van der Waals surface area contributed by atoms with Crippen LogP contribution in [0.3, 0.4) is 0 Å². The molecule has 0 aliphatic rings. The van der Waals surface area contributed by atoms with Crippen molar-refractivity contribution in [2.45, 2.75) is 12.5 Å². The Morgan fingerprint density at radius 2 is 1.85 bits per heavy atom. The molecule has 0 radical (unpaired) electrons. The van der Waals surface area contributed by atoms with Crippen LogP contribution in [0.15, 0.2) is 48.8 Å². The number of carbonyl (C=O) groups excluding carboxylic acids is 3. The van der Waals surface area contributed by atoms with Crippen LogP contribution in [0.4, 0.5) is 10.5 Å². The number of hydrogen-bond acceptors (Lipinski definition) is 8. The molecule has 0 aliphatic carbocycles. The molecule has 3 N–H and O–H groups in total. The average Bonchev–Trinajstić information content (AvgIpc) is 2.82. The quantitative estimate of drug-likeness (QED) is 0.311. The summed E-state index contributed by atoms with van der Waals surface area (Å²) < 4.78 is 9.94. The highest BCUT2D eigenvalue weighted by molar-refractivity contribution is 7.99. The van der Waals surface area contributed by atoms with Crippen LogP contribution >= 0.6 is 11.8 Å². The lowest BCUT2D eigenvalue weighted by molar-refractivity contribution is -0.142. The Kier molecular flexibility index (Phi) is 10.2. The van der Waals surface area contributed by atoms with Crippen molar-refractivity contribution in [1.82, 2.24) is 10.3 Å². The zero-order valence-electron chi connectivity index (χ0n) is 18.1. The van der Waals surface area contributed by atoms with Crippen LogP contribution in [0.25, 0.3) is 0 Å². The van der Waals surface area contributed by atoms with Gasteiger partial charge in [-0.25, -0.2) is 9.59 Å². The standard InChI is InChI=1S/C22H25N3O7S/c1-31-18-8-4-3-7-16(18)24-22(30)25-17(21(29)32-2)13-33-12-15(10-19(26)27)20(28)14-6-5-9-23-11-14/h3-9,11,15,17H,10,12-13H2,1-2H3,(H,26,27)(H2,24,25,30). The summed E-state index contributed by atoms with van der Waals surface area (Å²) in [5.41, 5.74) is 0.723. The van der Waals surface area contributed by atoms with Crippen molar-refractivity contribution >= 4 is 41.2 Å². The second kappa shape index (κ2) is 13.1. The Morgan fingerprint density at radius 3 is 2.48 bits per heavy atom. The summed E-state index contributed by atoms with van der Waals surface area (Å²) in [4.78, 5) is 52.4. The first-order chi connectivity index (χ1) is 15.8. The number of nitrogens with one attached hydrogen (secondary N) is 2. The molecular weight excluding hydrogens is 450 g/mol. The van der Waals surface area contributed by atoms with Gasteiger partial charge in [-0.3, -0.25) is 14.6 Å². The molecule has 2 rings (SSSR count). The molecule has 0 spiro atoms. The van der Waals surface area contributed by atoms with Crippen LogP contribution in [-0.2, 0) is 14.3 Å².